The van der Waals surface area contributed by atoms with E-state index in [1.807, 2.05) is 30.3 Å². The van der Waals surface area contributed by atoms with Crippen LogP contribution in [0.15, 0.2) is 54.6 Å². The molecule has 1 heterocycles. The van der Waals surface area contributed by atoms with E-state index in [1.54, 1.807) is 31.4 Å². The maximum absolute atomic E-state index is 12.5. The number of nitrogens with zero attached hydrogens (tertiary/aromatic N) is 1. The van der Waals surface area contributed by atoms with Crippen LogP contribution >= 0.6 is 0 Å². The molecule has 0 radical (unpaired) electrons. The van der Waals surface area contributed by atoms with Gasteiger partial charge in [-0.2, -0.15) is 0 Å². The first kappa shape index (κ1) is 15.1. The second-order valence-electron chi connectivity index (χ2n) is 5.40. The van der Waals surface area contributed by atoms with Gasteiger partial charge in [-0.25, -0.2) is 9.69 Å². The summed E-state index contributed by atoms with van der Waals surface area (Å²) in [4.78, 5) is 25.8. The molecule has 0 spiro atoms. The van der Waals surface area contributed by atoms with Crippen LogP contribution in [0.2, 0.25) is 0 Å². The summed E-state index contributed by atoms with van der Waals surface area (Å²) in [6.07, 6.45) is 1.33. The molecule has 3 rings (SSSR count). The maximum Gasteiger partial charge on any atom is 0.329 e. The number of rotatable bonds is 5. The fourth-order valence-corrected chi connectivity index (χ4v) is 2.66. The van der Waals surface area contributed by atoms with E-state index in [-0.39, 0.29) is 11.9 Å². The highest BCUT2D eigenvalue weighted by Gasteiger charge is 2.38. The Kier molecular flexibility index (Phi) is 4.28. The fraction of sp³-hybridized carbons (Fsp3) is 0.222. The molecule has 118 valence electrons. The predicted molar refractivity (Wildman–Crippen MR) is 87.6 cm³/mol. The van der Waals surface area contributed by atoms with Gasteiger partial charge in [0.25, 0.3) is 5.91 Å². The molecule has 3 amide bonds. The van der Waals surface area contributed by atoms with Gasteiger partial charge in [-0.1, -0.05) is 30.3 Å². The molecule has 5 heteroatoms. The summed E-state index contributed by atoms with van der Waals surface area (Å²) in [5.74, 6) is 0.470. The van der Waals surface area contributed by atoms with Crippen molar-refractivity contribution in [2.75, 3.05) is 12.0 Å². The summed E-state index contributed by atoms with van der Waals surface area (Å²) in [5, 5.41) is 2.76. The molecule has 2 aromatic carbocycles. The van der Waals surface area contributed by atoms with E-state index in [2.05, 4.69) is 5.32 Å². The molecule has 5 nitrogen and oxygen atoms in total. The second kappa shape index (κ2) is 6.52. The normalized spacial score (nSPS) is 17.3. The van der Waals surface area contributed by atoms with Crippen molar-refractivity contribution in [3.8, 4) is 5.75 Å². The first-order chi connectivity index (χ1) is 11.2. The minimum Gasteiger partial charge on any atom is -0.497 e. The molecule has 1 N–H and O–H groups in total. The number of urea groups is 1. The predicted octanol–water partition coefficient (Wildman–Crippen LogP) is 2.75. The van der Waals surface area contributed by atoms with Crippen LogP contribution in [-0.4, -0.2) is 25.1 Å². The molecule has 1 unspecified atom stereocenters. The largest absolute Gasteiger partial charge is 0.497 e. The van der Waals surface area contributed by atoms with Gasteiger partial charge in [0, 0.05) is 0 Å². The van der Waals surface area contributed by atoms with Gasteiger partial charge in [-0.05, 0) is 42.7 Å². The van der Waals surface area contributed by atoms with E-state index in [0.29, 0.717) is 17.9 Å². The molecule has 1 fully saturated rings. The van der Waals surface area contributed by atoms with Crippen molar-refractivity contribution in [2.45, 2.75) is 18.9 Å². The number of hydrogen-bond acceptors (Lipinski definition) is 3. The Balaban J connectivity index is 1.69. The Bertz CT molecular complexity index is 698. The van der Waals surface area contributed by atoms with E-state index in [1.165, 1.54) is 4.90 Å². The van der Waals surface area contributed by atoms with Crippen LogP contribution in [0.4, 0.5) is 10.5 Å². The van der Waals surface area contributed by atoms with Crippen LogP contribution in [0.3, 0.4) is 0 Å². The van der Waals surface area contributed by atoms with Crippen molar-refractivity contribution in [2.24, 2.45) is 0 Å². The molecule has 1 aliphatic rings. The molecule has 1 aliphatic heterocycles. The molecule has 1 atom stereocenters. The average Bonchev–Trinajstić information content (AvgIpc) is 2.88. The summed E-state index contributed by atoms with van der Waals surface area (Å²) in [6.45, 7) is 0. The number of amides is 3. The van der Waals surface area contributed by atoms with Gasteiger partial charge >= 0.3 is 6.03 Å². The van der Waals surface area contributed by atoms with E-state index in [9.17, 15) is 9.59 Å². The topological polar surface area (TPSA) is 58.6 Å². The Hall–Kier alpha value is -2.82. The number of imide groups is 1. The quantitative estimate of drug-likeness (QED) is 0.864. The van der Waals surface area contributed by atoms with Gasteiger partial charge in [-0.15, -0.1) is 0 Å². The van der Waals surface area contributed by atoms with Crippen LogP contribution in [0.1, 0.15) is 12.0 Å². The third-order valence-corrected chi connectivity index (χ3v) is 3.91. The molecule has 0 saturated carbocycles. The number of carbonyl (C=O) groups is 2. The lowest BCUT2D eigenvalue weighted by atomic mass is 10.1. The lowest BCUT2D eigenvalue weighted by Gasteiger charge is -2.13. The molecule has 0 aliphatic carbocycles. The molecule has 1 saturated heterocycles. The standard InChI is InChI=1S/C18H18N2O3/c1-23-15-10-8-14(9-11-15)20-17(21)16(19-18(20)22)12-7-13-5-3-2-4-6-13/h2-6,8-11,16H,7,12H2,1H3,(H,19,22). The lowest BCUT2D eigenvalue weighted by molar-refractivity contribution is -0.118. The Morgan fingerprint density at radius 1 is 1.04 bits per heavy atom. The molecular formula is C18H18N2O3. The molecule has 2 aromatic rings. The van der Waals surface area contributed by atoms with Crippen LogP contribution in [0.5, 0.6) is 5.75 Å². The number of aryl methyl sites for hydroxylation is 1. The number of methoxy groups -OCH3 is 1. The second-order valence-corrected chi connectivity index (χ2v) is 5.40. The number of nitrogens with one attached hydrogen (secondary N) is 1. The molecule has 0 aromatic heterocycles. The van der Waals surface area contributed by atoms with Crippen molar-refractivity contribution in [1.29, 1.82) is 0 Å². The summed E-state index contributed by atoms with van der Waals surface area (Å²) in [5.41, 5.74) is 1.70. The van der Waals surface area contributed by atoms with Crippen LogP contribution in [0.25, 0.3) is 0 Å². The highest BCUT2D eigenvalue weighted by atomic mass is 16.5. The van der Waals surface area contributed by atoms with Gasteiger partial charge < -0.3 is 10.1 Å². The Morgan fingerprint density at radius 3 is 2.39 bits per heavy atom. The van der Waals surface area contributed by atoms with Gasteiger partial charge in [0.05, 0.1) is 12.8 Å². The zero-order chi connectivity index (χ0) is 16.2. The van der Waals surface area contributed by atoms with Crippen molar-refractivity contribution in [3.63, 3.8) is 0 Å². The van der Waals surface area contributed by atoms with Gasteiger partial charge in [-0.3, -0.25) is 4.79 Å². The van der Waals surface area contributed by atoms with Crippen molar-refractivity contribution in [3.05, 3.63) is 60.2 Å². The maximum atomic E-state index is 12.5. The van der Waals surface area contributed by atoms with Crippen molar-refractivity contribution >= 4 is 17.6 Å². The van der Waals surface area contributed by atoms with E-state index >= 15 is 0 Å². The minimum atomic E-state index is -0.482. The molecular weight excluding hydrogens is 292 g/mol. The van der Waals surface area contributed by atoms with E-state index < -0.39 is 6.04 Å². The number of carbonyl (C=O) groups excluding carboxylic acids is 2. The summed E-state index contributed by atoms with van der Waals surface area (Å²) < 4.78 is 5.09. The summed E-state index contributed by atoms with van der Waals surface area (Å²) in [7, 11) is 1.57. The number of benzene rings is 2. The third kappa shape index (κ3) is 3.18. The van der Waals surface area contributed by atoms with Gasteiger partial charge in [0.2, 0.25) is 0 Å². The third-order valence-electron chi connectivity index (χ3n) is 3.91. The van der Waals surface area contributed by atoms with Gasteiger partial charge in [0.1, 0.15) is 11.8 Å². The first-order valence-electron chi connectivity index (χ1n) is 7.51. The Labute approximate surface area is 134 Å². The number of hydrogen-bond donors (Lipinski definition) is 1. The van der Waals surface area contributed by atoms with Crippen LogP contribution < -0.4 is 15.0 Å². The number of anilines is 1. The zero-order valence-corrected chi connectivity index (χ0v) is 12.9. The Morgan fingerprint density at radius 2 is 1.74 bits per heavy atom. The zero-order valence-electron chi connectivity index (χ0n) is 12.9. The van der Waals surface area contributed by atoms with E-state index in [0.717, 1.165) is 12.0 Å². The van der Waals surface area contributed by atoms with Gasteiger partial charge in [0.15, 0.2) is 0 Å². The molecule has 23 heavy (non-hydrogen) atoms. The SMILES string of the molecule is COc1ccc(N2C(=O)NC(CCc3ccccc3)C2=O)cc1. The van der Waals surface area contributed by atoms with Crippen LogP contribution in [-0.2, 0) is 11.2 Å². The number of ether oxygens (including phenoxy) is 1. The smallest absolute Gasteiger partial charge is 0.329 e. The average molecular weight is 310 g/mol. The highest BCUT2D eigenvalue weighted by Crippen LogP contribution is 2.23. The van der Waals surface area contributed by atoms with E-state index in [4.69, 9.17) is 4.74 Å². The minimum absolute atomic E-state index is 0.212. The first-order valence-corrected chi connectivity index (χ1v) is 7.51. The van der Waals surface area contributed by atoms with Crippen LogP contribution in [0, 0.1) is 0 Å². The summed E-state index contributed by atoms with van der Waals surface area (Å²) in [6, 6.07) is 15.9. The summed E-state index contributed by atoms with van der Waals surface area (Å²) >= 11 is 0. The monoisotopic (exact) mass is 310 g/mol. The fourth-order valence-electron chi connectivity index (χ4n) is 2.66. The van der Waals surface area contributed by atoms with Crippen molar-refractivity contribution < 1.29 is 14.3 Å². The van der Waals surface area contributed by atoms with Crippen molar-refractivity contribution in [1.82, 2.24) is 5.32 Å². The lowest BCUT2D eigenvalue weighted by Crippen LogP contribution is -2.31. The highest BCUT2D eigenvalue weighted by molar-refractivity contribution is 6.21. The molecule has 0 bridgehead atoms.